The first-order chi connectivity index (χ1) is 9.22. The van der Waals surface area contributed by atoms with Gasteiger partial charge in [-0.3, -0.25) is 4.79 Å². The van der Waals surface area contributed by atoms with E-state index in [4.69, 9.17) is 5.73 Å². The van der Waals surface area contributed by atoms with Crippen LogP contribution in [0.2, 0.25) is 0 Å². The third-order valence-corrected chi connectivity index (χ3v) is 4.39. The van der Waals surface area contributed by atoms with Crippen molar-refractivity contribution in [2.75, 3.05) is 30.3 Å². The van der Waals surface area contributed by atoms with Crippen molar-refractivity contribution in [1.82, 2.24) is 10.3 Å². The van der Waals surface area contributed by atoms with Crippen LogP contribution in [-0.4, -0.2) is 30.5 Å². The Morgan fingerprint density at radius 2 is 2.05 bits per heavy atom. The SMILES string of the molecule is CCCNC(=O)c1sc(N2CCCCCC2)nc1N. The fraction of sp³-hybridized carbons (Fsp3) is 0.692. The minimum Gasteiger partial charge on any atom is -0.382 e. The molecule has 1 aromatic rings. The zero-order valence-electron chi connectivity index (χ0n) is 11.4. The Bertz CT molecular complexity index is 424. The quantitative estimate of drug-likeness (QED) is 0.888. The molecule has 0 aromatic carbocycles. The Morgan fingerprint density at radius 3 is 2.68 bits per heavy atom. The van der Waals surface area contributed by atoms with E-state index in [0.717, 1.165) is 24.6 Å². The van der Waals surface area contributed by atoms with E-state index >= 15 is 0 Å². The second-order valence-corrected chi connectivity index (χ2v) is 5.85. The minimum atomic E-state index is -0.0991. The number of hydrogen-bond acceptors (Lipinski definition) is 5. The number of anilines is 2. The summed E-state index contributed by atoms with van der Waals surface area (Å²) in [6, 6.07) is 0. The van der Waals surface area contributed by atoms with Gasteiger partial charge in [0.1, 0.15) is 10.7 Å². The molecule has 0 spiro atoms. The number of thiazole rings is 1. The monoisotopic (exact) mass is 282 g/mol. The highest BCUT2D eigenvalue weighted by Crippen LogP contribution is 2.29. The summed E-state index contributed by atoms with van der Waals surface area (Å²) in [5.74, 6) is 0.260. The average Bonchev–Trinajstić information content (AvgIpc) is 2.65. The van der Waals surface area contributed by atoms with Crippen molar-refractivity contribution < 1.29 is 4.79 Å². The number of nitrogens with zero attached hydrogens (tertiary/aromatic N) is 2. The first-order valence-electron chi connectivity index (χ1n) is 7.01. The van der Waals surface area contributed by atoms with E-state index in [1.165, 1.54) is 37.0 Å². The summed E-state index contributed by atoms with van der Waals surface area (Å²) < 4.78 is 0. The molecule has 0 aliphatic carbocycles. The fourth-order valence-electron chi connectivity index (χ4n) is 2.20. The van der Waals surface area contributed by atoms with Gasteiger partial charge in [0.2, 0.25) is 0 Å². The number of amides is 1. The molecule has 0 saturated carbocycles. The molecule has 1 aromatic heterocycles. The fourth-order valence-corrected chi connectivity index (χ4v) is 3.15. The van der Waals surface area contributed by atoms with Crippen LogP contribution in [0, 0.1) is 0 Å². The van der Waals surface area contributed by atoms with Crippen LogP contribution >= 0.6 is 11.3 Å². The van der Waals surface area contributed by atoms with Gasteiger partial charge >= 0.3 is 0 Å². The largest absolute Gasteiger partial charge is 0.382 e. The highest BCUT2D eigenvalue weighted by Gasteiger charge is 2.19. The topological polar surface area (TPSA) is 71.2 Å². The molecular formula is C13H22N4OS. The summed E-state index contributed by atoms with van der Waals surface area (Å²) in [4.78, 5) is 19.1. The van der Waals surface area contributed by atoms with Crippen LogP contribution in [0.25, 0.3) is 0 Å². The first kappa shape index (κ1) is 14.1. The molecule has 1 fully saturated rings. The number of nitrogen functional groups attached to an aromatic ring is 1. The second kappa shape index (κ2) is 6.75. The van der Waals surface area contributed by atoms with E-state index in [1.54, 1.807) is 0 Å². The van der Waals surface area contributed by atoms with E-state index in [1.807, 2.05) is 6.92 Å². The molecule has 0 atom stereocenters. The Balaban J connectivity index is 2.08. The molecule has 106 valence electrons. The lowest BCUT2D eigenvalue weighted by Crippen LogP contribution is -2.24. The molecule has 0 unspecified atom stereocenters. The summed E-state index contributed by atoms with van der Waals surface area (Å²) in [7, 11) is 0. The molecule has 1 saturated heterocycles. The van der Waals surface area contributed by atoms with Gasteiger partial charge in [-0.2, -0.15) is 0 Å². The van der Waals surface area contributed by atoms with Crippen LogP contribution in [0.5, 0.6) is 0 Å². The highest BCUT2D eigenvalue weighted by atomic mass is 32.1. The van der Waals surface area contributed by atoms with Crippen molar-refractivity contribution >= 4 is 28.2 Å². The van der Waals surface area contributed by atoms with Crippen molar-refractivity contribution in [2.24, 2.45) is 0 Å². The van der Waals surface area contributed by atoms with Gasteiger partial charge in [-0.05, 0) is 19.3 Å². The third-order valence-electron chi connectivity index (χ3n) is 3.26. The molecule has 0 bridgehead atoms. The molecule has 1 amide bonds. The molecule has 3 N–H and O–H groups in total. The predicted molar refractivity (Wildman–Crippen MR) is 79.8 cm³/mol. The number of carbonyl (C=O) groups excluding carboxylic acids is 1. The lowest BCUT2D eigenvalue weighted by molar-refractivity contribution is 0.0958. The lowest BCUT2D eigenvalue weighted by Gasteiger charge is -2.18. The van der Waals surface area contributed by atoms with Crippen molar-refractivity contribution in [1.29, 1.82) is 0 Å². The van der Waals surface area contributed by atoms with Crippen LogP contribution < -0.4 is 16.0 Å². The summed E-state index contributed by atoms with van der Waals surface area (Å²) >= 11 is 1.41. The zero-order valence-corrected chi connectivity index (χ0v) is 12.3. The summed E-state index contributed by atoms with van der Waals surface area (Å²) in [6.45, 7) is 4.74. The Hall–Kier alpha value is -1.30. The molecule has 2 rings (SSSR count). The molecule has 2 heterocycles. The minimum absolute atomic E-state index is 0.0991. The third kappa shape index (κ3) is 3.59. The van der Waals surface area contributed by atoms with Gasteiger partial charge in [0.05, 0.1) is 0 Å². The van der Waals surface area contributed by atoms with Crippen molar-refractivity contribution in [3.8, 4) is 0 Å². The Kier molecular flexibility index (Phi) is 5.01. The van der Waals surface area contributed by atoms with Crippen LogP contribution in [-0.2, 0) is 0 Å². The molecule has 0 radical (unpaired) electrons. The number of nitrogens with two attached hydrogens (primary N) is 1. The maximum atomic E-state index is 11.9. The standard InChI is InChI=1S/C13H22N4OS/c1-2-7-15-12(18)10-11(14)16-13(19-10)17-8-5-3-4-6-9-17/h2-9,14H2,1H3,(H,15,18). The summed E-state index contributed by atoms with van der Waals surface area (Å²) in [5.41, 5.74) is 5.87. The molecule has 6 heteroatoms. The van der Waals surface area contributed by atoms with Gasteiger partial charge < -0.3 is 16.0 Å². The van der Waals surface area contributed by atoms with Crippen LogP contribution in [0.4, 0.5) is 10.9 Å². The number of hydrogen-bond donors (Lipinski definition) is 2. The maximum Gasteiger partial charge on any atom is 0.265 e. The average molecular weight is 282 g/mol. The zero-order chi connectivity index (χ0) is 13.7. The normalized spacial score (nSPS) is 16.2. The summed E-state index contributed by atoms with van der Waals surface area (Å²) in [6.07, 6.45) is 5.86. The van der Waals surface area contributed by atoms with Crippen molar-refractivity contribution in [3.05, 3.63) is 4.88 Å². The summed E-state index contributed by atoms with van der Waals surface area (Å²) in [5, 5.41) is 3.74. The molecule has 19 heavy (non-hydrogen) atoms. The van der Waals surface area contributed by atoms with Gasteiger partial charge in [-0.1, -0.05) is 31.1 Å². The maximum absolute atomic E-state index is 11.9. The van der Waals surface area contributed by atoms with Crippen LogP contribution in [0.15, 0.2) is 0 Å². The van der Waals surface area contributed by atoms with E-state index < -0.39 is 0 Å². The van der Waals surface area contributed by atoms with Gasteiger partial charge in [0.15, 0.2) is 5.13 Å². The molecule has 1 aliphatic rings. The van der Waals surface area contributed by atoms with E-state index in [2.05, 4.69) is 15.2 Å². The van der Waals surface area contributed by atoms with Crippen LogP contribution in [0.3, 0.4) is 0 Å². The lowest BCUT2D eigenvalue weighted by atomic mass is 10.2. The number of carbonyl (C=O) groups is 1. The van der Waals surface area contributed by atoms with E-state index in [-0.39, 0.29) is 5.91 Å². The predicted octanol–water partition coefficient (Wildman–Crippen LogP) is 2.25. The Labute approximate surface area is 118 Å². The second-order valence-electron chi connectivity index (χ2n) is 4.87. The van der Waals surface area contributed by atoms with Gasteiger partial charge in [-0.15, -0.1) is 0 Å². The number of nitrogens with one attached hydrogen (secondary N) is 1. The van der Waals surface area contributed by atoms with Crippen molar-refractivity contribution in [2.45, 2.75) is 39.0 Å². The molecule has 5 nitrogen and oxygen atoms in total. The van der Waals surface area contributed by atoms with Crippen LogP contribution in [0.1, 0.15) is 48.7 Å². The Morgan fingerprint density at radius 1 is 1.37 bits per heavy atom. The van der Waals surface area contributed by atoms with E-state index in [9.17, 15) is 4.79 Å². The van der Waals surface area contributed by atoms with Crippen molar-refractivity contribution in [3.63, 3.8) is 0 Å². The smallest absolute Gasteiger partial charge is 0.265 e. The highest BCUT2D eigenvalue weighted by molar-refractivity contribution is 7.18. The van der Waals surface area contributed by atoms with Gasteiger partial charge in [0.25, 0.3) is 5.91 Å². The van der Waals surface area contributed by atoms with Gasteiger partial charge in [0, 0.05) is 19.6 Å². The van der Waals surface area contributed by atoms with Gasteiger partial charge in [-0.25, -0.2) is 4.98 Å². The first-order valence-corrected chi connectivity index (χ1v) is 7.83. The number of rotatable bonds is 4. The number of aromatic nitrogens is 1. The molecular weight excluding hydrogens is 260 g/mol. The molecule has 1 aliphatic heterocycles. The van der Waals surface area contributed by atoms with E-state index in [0.29, 0.717) is 17.2 Å².